The molecule has 0 aliphatic carbocycles. The normalized spacial score (nSPS) is 21.9. The Kier molecular flexibility index (Phi) is 7.96. The number of ether oxygens (including phenoxy) is 3. The second kappa shape index (κ2) is 11.7. The third kappa shape index (κ3) is 6.32. The van der Waals surface area contributed by atoms with Gasteiger partial charge >= 0.3 is 0 Å². The van der Waals surface area contributed by atoms with Crippen LogP contribution in [-0.2, 0) is 27.5 Å². The Morgan fingerprint density at radius 2 is 1.61 bits per heavy atom. The topological polar surface area (TPSA) is 60.0 Å². The lowest BCUT2D eigenvalue weighted by Crippen LogP contribution is -2.57. The van der Waals surface area contributed by atoms with Crippen LogP contribution in [0.4, 0.5) is 5.69 Å². The van der Waals surface area contributed by atoms with E-state index in [1.54, 1.807) is 0 Å². The number of hydrogen-bond donors (Lipinski definition) is 1. The van der Waals surface area contributed by atoms with Gasteiger partial charge in [-0.05, 0) is 54.7 Å². The maximum atomic E-state index is 12.8. The molecule has 2 atom stereocenters. The van der Waals surface area contributed by atoms with Crippen LogP contribution in [0.1, 0.15) is 30.4 Å². The maximum Gasteiger partial charge on any atom is 0.238 e. The molecule has 0 saturated carbocycles. The van der Waals surface area contributed by atoms with E-state index in [-0.39, 0.29) is 17.6 Å². The molecule has 2 heterocycles. The van der Waals surface area contributed by atoms with Gasteiger partial charge in [0.2, 0.25) is 5.91 Å². The second-order valence-electron chi connectivity index (χ2n) is 9.63. The van der Waals surface area contributed by atoms with Gasteiger partial charge in [0.25, 0.3) is 0 Å². The molecule has 0 aromatic heterocycles. The van der Waals surface area contributed by atoms with Crippen molar-refractivity contribution in [1.29, 1.82) is 0 Å². The number of anilines is 1. The summed E-state index contributed by atoms with van der Waals surface area (Å²) in [4.78, 5) is 15.0. The molecule has 0 radical (unpaired) electrons. The molecule has 6 heteroatoms. The first-order valence-corrected chi connectivity index (χ1v) is 12.8. The second-order valence-corrected chi connectivity index (χ2v) is 9.63. The zero-order valence-corrected chi connectivity index (χ0v) is 20.6. The van der Waals surface area contributed by atoms with E-state index in [2.05, 4.69) is 22.3 Å². The van der Waals surface area contributed by atoms with Crippen LogP contribution in [0.2, 0.25) is 0 Å². The number of rotatable bonds is 9. The molecule has 1 amide bonds. The summed E-state index contributed by atoms with van der Waals surface area (Å²) in [7, 11) is 0. The van der Waals surface area contributed by atoms with Crippen LogP contribution in [0.5, 0.6) is 5.75 Å². The molecule has 0 unspecified atom stereocenters. The van der Waals surface area contributed by atoms with Gasteiger partial charge in [-0.1, -0.05) is 60.7 Å². The van der Waals surface area contributed by atoms with E-state index >= 15 is 0 Å². The van der Waals surface area contributed by atoms with Gasteiger partial charge in [-0.25, -0.2) is 0 Å². The Balaban J connectivity index is 1.12. The van der Waals surface area contributed by atoms with Gasteiger partial charge in [0, 0.05) is 25.4 Å². The third-order valence-electron chi connectivity index (χ3n) is 7.04. The van der Waals surface area contributed by atoms with E-state index in [0.29, 0.717) is 26.3 Å². The van der Waals surface area contributed by atoms with Crippen molar-refractivity contribution in [2.75, 3.05) is 31.6 Å². The number of benzene rings is 3. The summed E-state index contributed by atoms with van der Waals surface area (Å²) in [6, 6.07) is 27.8. The number of piperidine rings is 1. The minimum absolute atomic E-state index is 0.0296. The third-order valence-corrected chi connectivity index (χ3v) is 7.04. The van der Waals surface area contributed by atoms with Gasteiger partial charge in [0.15, 0.2) is 0 Å². The smallest absolute Gasteiger partial charge is 0.238 e. The number of carbonyl (C=O) groups excluding carboxylic acids is 1. The van der Waals surface area contributed by atoms with Gasteiger partial charge in [-0.15, -0.1) is 0 Å². The predicted octanol–water partition coefficient (Wildman–Crippen LogP) is 5.04. The predicted molar refractivity (Wildman–Crippen MR) is 140 cm³/mol. The molecule has 2 saturated heterocycles. The van der Waals surface area contributed by atoms with Gasteiger partial charge in [0.05, 0.1) is 24.9 Å². The fraction of sp³-hybridized carbons (Fsp3) is 0.367. The van der Waals surface area contributed by atoms with Crippen LogP contribution >= 0.6 is 0 Å². The number of nitrogens with one attached hydrogen (secondary N) is 1. The number of amides is 1. The van der Waals surface area contributed by atoms with Gasteiger partial charge in [-0.2, -0.15) is 0 Å². The SMILES string of the molecule is O=C(CN1CC[C@@]2(CCCO2)[C@@H](OCc2ccccc2)C1)Nc1ccc(OCc2ccccc2)cc1. The molecular formula is C30H34N2O4. The molecule has 2 aliphatic heterocycles. The molecule has 2 aliphatic rings. The highest BCUT2D eigenvalue weighted by molar-refractivity contribution is 5.92. The first-order chi connectivity index (χ1) is 17.7. The van der Waals surface area contributed by atoms with Crippen molar-refractivity contribution in [3.05, 3.63) is 96.1 Å². The summed E-state index contributed by atoms with van der Waals surface area (Å²) in [5.74, 6) is 0.742. The Labute approximate surface area is 213 Å². The maximum absolute atomic E-state index is 12.8. The molecule has 0 bridgehead atoms. The van der Waals surface area contributed by atoms with Gasteiger partial charge in [-0.3, -0.25) is 9.69 Å². The summed E-state index contributed by atoms with van der Waals surface area (Å²) >= 11 is 0. The molecular weight excluding hydrogens is 452 g/mol. The minimum Gasteiger partial charge on any atom is -0.489 e. The van der Waals surface area contributed by atoms with Crippen molar-refractivity contribution in [3.8, 4) is 5.75 Å². The van der Waals surface area contributed by atoms with Crippen molar-refractivity contribution in [3.63, 3.8) is 0 Å². The molecule has 2 fully saturated rings. The number of carbonyl (C=O) groups is 1. The van der Waals surface area contributed by atoms with Crippen molar-refractivity contribution in [2.45, 2.75) is 44.2 Å². The highest BCUT2D eigenvalue weighted by Gasteiger charge is 2.47. The summed E-state index contributed by atoms with van der Waals surface area (Å²) in [6.45, 7) is 3.69. The zero-order chi connectivity index (χ0) is 24.6. The van der Waals surface area contributed by atoms with Crippen LogP contribution in [0.3, 0.4) is 0 Å². The summed E-state index contributed by atoms with van der Waals surface area (Å²) in [6.07, 6.45) is 2.91. The van der Waals surface area contributed by atoms with Crippen LogP contribution in [0, 0.1) is 0 Å². The molecule has 5 rings (SSSR count). The van der Waals surface area contributed by atoms with E-state index in [4.69, 9.17) is 14.2 Å². The largest absolute Gasteiger partial charge is 0.489 e. The molecule has 3 aromatic carbocycles. The lowest BCUT2D eigenvalue weighted by molar-refractivity contribution is -0.159. The fourth-order valence-corrected chi connectivity index (χ4v) is 5.07. The average molecular weight is 487 g/mol. The van der Waals surface area contributed by atoms with Crippen molar-refractivity contribution in [1.82, 2.24) is 4.90 Å². The molecule has 188 valence electrons. The highest BCUT2D eigenvalue weighted by atomic mass is 16.6. The van der Waals surface area contributed by atoms with E-state index in [1.807, 2.05) is 72.8 Å². The summed E-state index contributed by atoms with van der Waals surface area (Å²) in [5.41, 5.74) is 2.80. The lowest BCUT2D eigenvalue weighted by atomic mass is 9.85. The molecule has 36 heavy (non-hydrogen) atoms. The monoisotopic (exact) mass is 486 g/mol. The lowest BCUT2D eigenvalue weighted by Gasteiger charge is -2.44. The minimum atomic E-state index is -0.225. The van der Waals surface area contributed by atoms with Crippen LogP contribution in [0.25, 0.3) is 0 Å². The average Bonchev–Trinajstić information content (AvgIpc) is 3.39. The number of nitrogens with zero attached hydrogens (tertiary/aromatic N) is 1. The van der Waals surface area contributed by atoms with E-state index < -0.39 is 0 Å². The van der Waals surface area contributed by atoms with Crippen molar-refractivity contribution < 1.29 is 19.0 Å². The molecule has 6 nitrogen and oxygen atoms in total. The molecule has 1 spiro atoms. The Morgan fingerprint density at radius 3 is 2.28 bits per heavy atom. The van der Waals surface area contributed by atoms with Gasteiger partial charge in [0.1, 0.15) is 12.4 Å². The van der Waals surface area contributed by atoms with Gasteiger partial charge < -0.3 is 19.5 Å². The fourth-order valence-electron chi connectivity index (χ4n) is 5.07. The number of likely N-dealkylation sites (tertiary alicyclic amines) is 1. The van der Waals surface area contributed by atoms with E-state index in [0.717, 1.165) is 55.0 Å². The Bertz CT molecular complexity index is 1100. The number of hydrogen-bond acceptors (Lipinski definition) is 5. The quantitative estimate of drug-likeness (QED) is 0.459. The highest BCUT2D eigenvalue weighted by Crippen LogP contribution is 2.38. The molecule has 3 aromatic rings. The van der Waals surface area contributed by atoms with Crippen LogP contribution in [-0.4, -0.2) is 48.8 Å². The van der Waals surface area contributed by atoms with Crippen LogP contribution < -0.4 is 10.1 Å². The molecule has 1 N–H and O–H groups in total. The first-order valence-electron chi connectivity index (χ1n) is 12.8. The van der Waals surface area contributed by atoms with Crippen molar-refractivity contribution in [2.24, 2.45) is 0 Å². The van der Waals surface area contributed by atoms with Crippen molar-refractivity contribution >= 4 is 11.6 Å². The Hall–Kier alpha value is -3.19. The first kappa shape index (κ1) is 24.5. The van der Waals surface area contributed by atoms with E-state index in [9.17, 15) is 4.79 Å². The summed E-state index contributed by atoms with van der Waals surface area (Å²) < 4.78 is 18.5. The Morgan fingerprint density at radius 1 is 0.917 bits per heavy atom. The van der Waals surface area contributed by atoms with E-state index in [1.165, 1.54) is 0 Å². The van der Waals surface area contributed by atoms with Crippen LogP contribution in [0.15, 0.2) is 84.9 Å². The zero-order valence-electron chi connectivity index (χ0n) is 20.6. The summed E-state index contributed by atoms with van der Waals surface area (Å²) in [5, 5.41) is 3.02. The standard InChI is InChI=1S/C30H34N2O4/c33-29(31-26-12-14-27(15-13-26)34-22-24-8-3-1-4-9-24)21-32-18-17-30(16-7-19-36-30)28(20-32)35-23-25-10-5-2-6-11-25/h1-6,8-15,28H,7,16-23H2,(H,31,33)/t28-,30-/m0/s1.